The summed E-state index contributed by atoms with van der Waals surface area (Å²) in [6, 6.07) is 0.513. The lowest BCUT2D eigenvalue weighted by Gasteiger charge is -2.19. The number of sulfonamides is 1. The lowest BCUT2D eigenvalue weighted by molar-refractivity contribution is -0.389. The maximum Gasteiger partial charge on any atom is 0.363 e. The van der Waals surface area contributed by atoms with Gasteiger partial charge >= 0.3 is 11.8 Å². The molecule has 1 aliphatic heterocycles. The molecule has 11 heteroatoms. The molecule has 0 aliphatic carbocycles. The molecule has 10 nitrogen and oxygen atoms in total. The molecule has 1 saturated heterocycles. The summed E-state index contributed by atoms with van der Waals surface area (Å²) >= 11 is 0. The van der Waals surface area contributed by atoms with Crippen molar-refractivity contribution in [1.82, 2.24) is 9.29 Å². The zero-order valence-corrected chi connectivity index (χ0v) is 11.3. The van der Waals surface area contributed by atoms with Crippen LogP contribution in [0.1, 0.15) is 6.42 Å². The number of carboxylic acids is 1. The second-order valence-electron chi connectivity index (χ2n) is 4.43. The molecule has 2 atom stereocenters. The van der Waals surface area contributed by atoms with Crippen LogP contribution in [0.15, 0.2) is 23.2 Å². The SMILES string of the molecule is O=C(O)C1CC(O)CN1S(=O)(=O)c1ccc([N+](=O)[O-])nc1. The average Bonchev–Trinajstić information content (AvgIpc) is 2.82. The van der Waals surface area contributed by atoms with Gasteiger partial charge in [0.1, 0.15) is 10.9 Å². The number of aromatic nitrogens is 1. The number of carbonyl (C=O) groups is 1. The predicted molar refractivity (Wildman–Crippen MR) is 66.8 cm³/mol. The van der Waals surface area contributed by atoms with Crippen LogP contribution in [0.4, 0.5) is 5.82 Å². The Kier molecular flexibility index (Phi) is 3.89. The van der Waals surface area contributed by atoms with Crippen molar-refractivity contribution < 1.29 is 28.3 Å². The van der Waals surface area contributed by atoms with Gasteiger partial charge in [-0.1, -0.05) is 0 Å². The number of aliphatic carboxylic acids is 1. The Balaban J connectivity index is 2.37. The normalized spacial score (nSPS) is 23.1. The first-order chi connectivity index (χ1) is 9.73. The number of aliphatic hydroxyl groups is 1. The number of hydrogen-bond acceptors (Lipinski definition) is 7. The summed E-state index contributed by atoms with van der Waals surface area (Å²) in [5.74, 6) is -1.89. The number of pyridine rings is 1. The summed E-state index contributed by atoms with van der Waals surface area (Å²) in [6.45, 7) is -0.351. The van der Waals surface area contributed by atoms with Crippen molar-refractivity contribution in [2.45, 2.75) is 23.5 Å². The third kappa shape index (κ3) is 2.84. The molecule has 0 saturated carbocycles. The summed E-state index contributed by atoms with van der Waals surface area (Å²) < 4.78 is 25.3. The molecular weight excluding hydrogens is 306 g/mol. The van der Waals surface area contributed by atoms with Crippen LogP contribution in [0.25, 0.3) is 0 Å². The van der Waals surface area contributed by atoms with Crippen molar-refractivity contribution in [1.29, 1.82) is 0 Å². The molecule has 0 amide bonds. The molecule has 2 rings (SSSR count). The third-order valence-corrected chi connectivity index (χ3v) is 4.89. The highest BCUT2D eigenvalue weighted by Crippen LogP contribution is 2.26. The number of nitrogens with zero attached hydrogens (tertiary/aromatic N) is 3. The number of hydrogen-bond donors (Lipinski definition) is 2. The second-order valence-corrected chi connectivity index (χ2v) is 6.32. The van der Waals surface area contributed by atoms with E-state index in [9.17, 15) is 28.4 Å². The fraction of sp³-hybridized carbons (Fsp3) is 0.400. The van der Waals surface area contributed by atoms with E-state index in [1.165, 1.54) is 0 Å². The van der Waals surface area contributed by atoms with Crippen LogP contribution in [-0.2, 0) is 14.8 Å². The van der Waals surface area contributed by atoms with E-state index in [0.29, 0.717) is 4.31 Å². The van der Waals surface area contributed by atoms with Crippen molar-refractivity contribution in [3.8, 4) is 0 Å². The first-order valence-electron chi connectivity index (χ1n) is 5.76. The Morgan fingerprint density at radius 2 is 2.14 bits per heavy atom. The molecule has 2 N–H and O–H groups in total. The van der Waals surface area contributed by atoms with Crippen LogP contribution in [0.2, 0.25) is 0 Å². The van der Waals surface area contributed by atoms with Gasteiger partial charge in [-0.2, -0.15) is 4.31 Å². The van der Waals surface area contributed by atoms with Gasteiger partial charge in [-0.25, -0.2) is 8.42 Å². The third-order valence-electron chi connectivity index (χ3n) is 3.03. The van der Waals surface area contributed by atoms with E-state index in [0.717, 1.165) is 18.3 Å². The molecule has 0 radical (unpaired) electrons. The zero-order valence-electron chi connectivity index (χ0n) is 10.5. The van der Waals surface area contributed by atoms with Gasteiger partial charge in [0.2, 0.25) is 10.0 Å². The number of nitro groups is 1. The van der Waals surface area contributed by atoms with Gasteiger partial charge in [0, 0.05) is 19.0 Å². The maximum absolute atomic E-state index is 12.3. The van der Waals surface area contributed by atoms with E-state index in [-0.39, 0.29) is 17.9 Å². The van der Waals surface area contributed by atoms with E-state index in [2.05, 4.69) is 4.98 Å². The quantitative estimate of drug-likeness (QED) is 0.541. The molecule has 0 aromatic carbocycles. The van der Waals surface area contributed by atoms with E-state index < -0.39 is 38.9 Å². The highest BCUT2D eigenvalue weighted by molar-refractivity contribution is 7.89. The molecule has 0 spiro atoms. The van der Waals surface area contributed by atoms with Gasteiger partial charge in [-0.15, -0.1) is 0 Å². The molecule has 1 aromatic heterocycles. The van der Waals surface area contributed by atoms with Gasteiger partial charge < -0.3 is 20.3 Å². The fourth-order valence-corrected chi connectivity index (χ4v) is 3.62. The number of carboxylic acid groups (broad SMARTS) is 1. The van der Waals surface area contributed by atoms with E-state index >= 15 is 0 Å². The number of aliphatic hydroxyl groups excluding tert-OH is 1. The standard InChI is InChI=1S/C10H11N3O7S/c14-6-3-8(10(15)16)12(5-6)21(19,20)7-1-2-9(11-4-7)13(17)18/h1-2,4,6,8,14H,3,5H2,(H,15,16). The zero-order chi connectivity index (χ0) is 15.8. The van der Waals surface area contributed by atoms with Crippen LogP contribution < -0.4 is 0 Å². The smallest absolute Gasteiger partial charge is 0.363 e. The van der Waals surface area contributed by atoms with Crippen molar-refractivity contribution in [2.24, 2.45) is 0 Å². The molecule has 2 heterocycles. The summed E-state index contributed by atoms with van der Waals surface area (Å²) in [5, 5.41) is 29.0. The molecule has 2 unspecified atom stereocenters. The van der Waals surface area contributed by atoms with Crippen LogP contribution in [0, 0.1) is 10.1 Å². The van der Waals surface area contributed by atoms with Crippen molar-refractivity contribution in [3.63, 3.8) is 0 Å². The van der Waals surface area contributed by atoms with Crippen molar-refractivity contribution in [3.05, 3.63) is 28.4 Å². The van der Waals surface area contributed by atoms with E-state index in [1.807, 2.05) is 0 Å². The van der Waals surface area contributed by atoms with E-state index in [4.69, 9.17) is 5.11 Å². The van der Waals surface area contributed by atoms with Crippen LogP contribution in [0.3, 0.4) is 0 Å². The topological polar surface area (TPSA) is 151 Å². The Morgan fingerprint density at radius 3 is 2.62 bits per heavy atom. The molecule has 1 aromatic rings. The van der Waals surface area contributed by atoms with Crippen molar-refractivity contribution >= 4 is 21.8 Å². The van der Waals surface area contributed by atoms with Gasteiger partial charge in [-0.3, -0.25) is 4.79 Å². The van der Waals surface area contributed by atoms with E-state index in [1.54, 1.807) is 0 Å². The highest BCUT2D eigenvalue weighted by Gasteiger charge is 2.44. The minimum Gasteiger partial charge on any atom is -0.480 e. The second kappa shape index (κ2) is 5.35. The van der Waals surface area contributed by atoms with Gasteiger partial charge in [0.05, 0.1) is 6.10 Å². The molecule has 1 aliphatic rings. The number of β-amino-alcohol motifs (C(OH)–C–C–N with tert-alkyl or cyclic N) is 1. The Morgan fingerprint density at radius 1 is 1.48 bits per heavy atom. The van der Waals surface area contributed by atoms with Crippen LogP contribution in [0.5, 0.6) is 0 Å². The van der Waals surface area contributed by atoms with Gasteiger partial charge in [0.25, 0.3) is 0 Å². The highest BCUT2D eigenvalue weighted by atomic mass is 32.2. The Bertz CT molecular complexity index is 672. The monoisotopic (exact) mass is 317 g/mol. The summed E-state index contributed by atoms with van der Waals surface area (Å²) in [4.78, 5) is 23.8. The average molecular weight is 317 g/mol. The first kappa shape index (κ1) is 15.3. The van der Waals surface area contributed by atoms with Crippen LogP contribution in [-0.4, -0.2) is 57.5 Å². The first-order valence-corrected chi connectivity index (χ1v) is 7.20. The maximum atomic E-state index is 12.3. The molecule has 21 heavy (non-hydrogen) atoms. The van der Waals surface area contributed by atoms with Crippen LogP contribution >= 0.6 is 0 Å². The summed E-state index contributed by atoms with van der Waals surface area (Å²) in [6.07, 6.45) is -0.502. The predicted octanol–water partition coefficient (Wildman–Crippen LogP) is -0.802. The lowest BCUT2D eigenvalue weighted by Crippen LogP contribution is -2.40. The van der Waals surface area contributed by atoms with Gasteiger partial charge in [-0.05, 0) is 16.0 Å². The lowest BCUT2D eigenvalue weighted by atomic mass is 10.2. The fourth-order valence-electron chi connectivity index (χ4n) is 2.04. The summed E-state index contributed by atoms with van der Waals surface area (Å²) in [5.41, 5.74) is 0. The Hall–Kier alpha value is -2.11. The van der Waals surface area contributed by atoms with Gasteiger partial charge in [0.15, 0.2) is 6.20 Å². The molecule has 1 fully saturated rings. The Labute approximate surface area is 118 Å². The summed E-state index contributed by atoms with van der Waals surface area (Å²) in [7, 11) is -4.20. The minimum absolute atomic E-state index is 0.213. The molecular formula is C10H11N3O7S. The largest absolute Gasteiger partial charge is 0.480 e. The molecule has 0 bridgehead atoms. The minimum atomic E-state index is -4.20. The number of rotatable bonds is 4. The van der Waals surface area contributed by atoms with Crippen molar-refractivity contribution in [2.75, 3.05) is 6.54 Å². The molecule has 114 valence electrons.